The smallest absolute Gasteiger partial charge is 0.314 e. The molecule has 1 aromatic carbocycles. The van der Waals surface area contributed by atoms with Crippen molar-refractivity contribution in [2.75, 3.05) is 0 Å². The molecule has 0 amide bonds. The molecule has 0 atom stereocenters. The first-order valence-corrected chi connectivity index (χ1v) is 13.1. The second-order valence-corrected chi connectivity index (χ2v) is 10.2. The molecule has 0 radical (unpaired) electrons. The van der Waals surface area contributed by atoms with Crippen LogP contribution in [-0.2, 0) is 4.79 Å². The number of halogens is 2. The molecule has 1 aromatic rings. The molecule has 0 spiro atoms. The lowest BCUT2D eigenvalue weighted by molar-refractivity contribution is -0.140. The van der Waals surface area contributed by atoms with Crippen molar-refractivity contribution >= 4 is 5.97 Å². The summed E-state index contributed by atoms with van der Waals surface area (Å²) in [7, 11) is 0. The molecule has 3 nitrogen and oxygen atoms in total. The fraction of sp³-hybridized carbons (Fsp3) is 0.714. The van der Waals surface area contributed by atoms with Crippen molar-refractivity contribution in [2.24, 2.45) is 23.7 Å². The highest BCUT2D eigenvalue weighted by atomic mass is 19.2. The number of ether oxygens (including phenoxy) is 1. The monoisotopic (exact) mass is 459 g/mol. The van der Waals surface area contributed by atoms with Crippen LogP contribution in [0.2, 0.25) is 0 Å². The van der Waals surface area contributed by atoms with E-state index in [9.17, 15) is 13.6 Å². The zero-order valence-electron chi connectivity index (χ0n) is 20.1. The Labute approximate surface area is 197 Å². The van der Waals surface area contributed by atoms with Crippen molar-refractivity contribution in [3.05, 3.63) is 29.3 Å². The van der Waals surface area contributed by atoms with Crippen LogP contribution in [-0.4, -0.2) is 5.97 Å². The van der Waals surface area contributed by atoms with Gasteiger partial charge in [-0.05, 0) is 68.4 Å². The largest absolute Gasteiger partial charge is 0.423 e. The van der Waals surface area contributed by atoms with Crippen molar-refractivity contribution in [1.29, 1.82) is 5.26 Å². The molecule has 0 heterocycles. The van der Waals surface area contributed by atoms with Gasteiger partial charge >= 0.3 is 5.97 Å². The number of hydrogen-bond acceptors (Lipinski definition) is 3. The molecule has 0 aliphatic heterocycles. The molecule has 2 aliphatic carbocycles. The standard InChI is InChI=1S/C28H39F2NO2/c1-2-3-4-5-6-7-8-20-9-11-21(12-10-20)22-13-15-23(16-14-22)28(32)33-25-18-17-24(19-31)26(29)27(25)30/h17-18,20-23H,2-16H2,1H3. The number of esters is 1. The summed E-state index contributed by atoms with van der Waals surface area (Å²) in [6.07, 6.45) is 18.5. The Morgan fingerprint density at radius 2 is 1.52 bits per heavy atom. The number of carbonyl (C=O) groups is 1. The van der Waals surface area contributed by atoms with Crippen LogP contribution in [0.4, 0.5) is 8.78 Å². The third-order valence-electron chi connectivity index (χ3n) is 8.01. The number of rotatable bonds is 10. The average Bonchev–Trinajstić information content (AvgIpc) is 2.85. The molecule has 2 saturated carbocycles. The molecule has 0 N–H and O–H groups in total. The van der Waals surface area contributed by atoms with Gasteiger partial charge in [-0.3, -0.25) is 4.79 Å². The van der Waals surface area contributed by atoms with Gasteiger partial charge in [0.15, 0.2) is 11.6 Å². The highest BCUT2D eigenvalue weighted by Crippen LogP contribution is 2.42. The van der Waals surface area contributed by atoms with Crippen molar-refractivity contribution in [3.8, 4) is 11.8 Å². The molecular formula is C28H39F2NO2. The lowest BCUT2D eigenvalue weighted by atomic mass is 9.68. The van der Waals surface area contributed by atoms with Crippen LogP contribution < -0.4 is 4.74 Å². The molecule has 2 aliphatic rings. The third-order valence-corrected chi connectivity index (χ3v) is 8.01. The van der Waals surface area contributed by atoms with Crippen LogP contribution >= 0.6 is 0 Å². The Morgan fingerprint density at radius 3 is 2.15 bits per heavy atom. The zero-order chi connectivity index (χ0) is 23.6. The Bertz CT molecular complexity index is 803. The summed E-state index contributed by atoms with van der Waals surface area (Å²) in [5.74, 6) is -1.36. The van der Waals surface area contributed by atoms with E-state index in [0.29, 0.717) is 5.92 Å². The van der Waals surface area contributed by atoms with E-state index in [1.54, 1.807) is 6.07 Å². The quantitative estimate of drug-likeness (QED) is 0.202. The lowest BCUT2D eigenvalue weighted by Gasteiger charge is -2.37. The highest BCUT2D eigenvalue weighted by Gasteiger charge is 2.34. The second-order valence-electron chi connectivity index (χ2n) is 10.2. The van der Waals surface area contributed by atoms with Gasteiger partial charge < -0.3 is 4.74 Å². The van der Waals surface area contributed by atoms with Crippen LogP contribution in [0.15, 0.2) is 12.1 Å². The number of carbonyl (C=O) groups excluding carboxylic acids is 1. The Kier molecular flexibility index (Phi) is 10.2. The Balaban J connectivity index is 1.36. The van der Waals surface area contributed by atoms with Gasteiger partial charge in [-0.2, -0.15) is 9.65 Å². The van der Waals surface area contributed by atoms with Crippen LogP contribution in [0.5, 0.6) is 5.75 Å². The third kappa shape index (κ3) is 7.26. The Hall–Kier alpha value is -1.96. The van der Waals surface area contributed by atoms with Gasteiger partial charge in [-0.1, -0.05) is 64.7 Å². The molecule has 2 fully saturated rings. The summed E-state index contributed by atoms with van der Waals surface area (Å²) in [4.78, 5) is 12.5. The maximum atomic E-state index is 14.1. The van der Waals surface area contributed by atoms with Crippen molar-refractivity contribution < 1.29 is 18.3 Å². The van der Waals surface area contributed by atoms with E-state index in [0.717, 1.165) is 49.7 Å². The maximum absolute atomic E-state index is 14.1. The molecule has 3 rings (SSSR count). The molecule has 0 aromatic heterocycles. The number of benzene rings is 1. The SMILES string of the molecule is CCCCCCCCC1CCC(C2CCC(C(=O)Oc3ccc(C#N)c(F)c3F)CC2)CC1. The summed E-state index contributed by atoms with van der Waals surface area (Å²) in [5, 5.41) is 8.78. The topological polar surface area (TPSA) is 50.1 Å². The van der Waals surface area contributed by atoms with Crippen molar-refractivity contribution in [2.45, 2.75) is 103 Å². The van der Waals surface area contributed by atoms with E-state index in [2.05, 4.69) is 6.92 Å². The van der Waals surface area contributed by atoms with E-state index < -0.39 is 28.9 Å². The number of nitriles is 1. The predicted octanol–water partition coefficient (Wildman–Crippen LogP) is 8.11. The van der Waals surface area contributed by atoms with E-state index in [1.807, 2.05) is 0 Å². The van der Waals surface area contributed by atoms with Gasteiger partial charge in [-0.15, -0.1) is 0 Å². The summed E-state index contributed by atoms with van der Waals surface area (Å²) in [6.45, 7) is 2.26. The molecule has 33 heavy (non-hydrogen) atoms. The van der Waals surface area contributed by atoms with Crippen LogP contribution in [0, 0.1) is 46.6 Å². The lowest BCUT2D eigenvalue weighted by Crippen LogP contribution is -2.30. The minimum Gasteiger partial charge on any atom is -0.423 e. The summed E-state index contributed by atoms with van der Waals surface area (Å²) in [6, 6.07) is 3.88. The molecular weight excluding hydrogens is 420 g/mol. The van der Waals surface area contributed by atoms with E-state index >= 15 is 0 Å². The average molecular weight is 460 g/mol. The summed E-state index contributed by atoms with van der Waals surface area (Å²) >= 11 is 0. The molecule has 5 heteroatoms. The Morgan fingerprint density at radius 1 is 0.909 bits per heavy atom. The van der Waals surface area contributed by atoms with Gasteiger partial charge in [0.1, 0.15) is 6.07 Å². The van der Waals surface area contributed by atoms with Crippen LogP contribution in [0.1, 0.15) is 109 Å². The van der Waals surface area contributed by atoms with E-state index in [-0.39, 0.29) is 5.92 Å². The van der Waals surface area contributed by atoms with Gasteiger partial charge in [0, 0.05) is 0 Å². The normalized spacial score (nSPS) is 25.4. The highest BCUT2D eigenvalue weighted by molar-refractivity contribution is 5.75. The fourth-order valence-corrected chi connectivity index (χ4v) is 5.88. The second kappa shape index (κ2) is 13.1. The molecule has 0 bridgehead atoms. The van der Waals surface area contributed by atoms with Crippen LogP contribution in [0.3, 0.4) is 0 Å². The minimum atomic E-state index is -1.27. The maximum Gasteiger partial charge on any atom is 0.314 e. The summed E-state index contributed by atoms with van der Waals surface area (Å²) in [5.41, 5.74) is -0.394. The van der Waals surface area contributed by atoms with Crippen molar-refractivity contribution in [1.82, 2.24) is 0 Å². The van der Waals surface area contributed by atoms with Crippen molar-refractivity contribution in [3.63, 3.8) is 0 Å². The fourth-order valence-electron chi connectivity index (χ4n) is 5.88. The van der Waals surface area contributed by atoms with Gasteiger partial charge in [0.25, 0.3) is 0 Å². The van der Waals surface area contributed by atoms with E-state index in [4.69, 9.17) is 10.00 Å². The van der Waals surface area contributed by atoms with Gasteiger partial charge in [0.05, 0.1) is 11.5 Å². The minimum absolute atomic E-state index is 0.261. The zero-order valence-corrected chi connectivity index (χ0v) is 20.1. The molecule has 0 unspecified atom stereocenters. The predicted molar refractivity (Wildman–Crippen MR) is 126 cm³/mol. The number of nitrogens with zero attached hydrogens (tertiary/aromatic N) is 1. The number of hydrogen-bond donors (Lipinski definition) is 0. The van der Waals surface area contributed by atoms with Crippen LogP contribution in [0.25, 0.3) is 0 Å². The molecule has 182 valence electrons. The van der Waals surface area contributed by atoms with E-state index in [1.165, 1.54) is 70.6 Å². The number of unbranched alkanes of at least 4 members (excludes halogenated alkanes) is 5. The first-order chi connectivity index (χ1) is 16.0. The first kappa shape index (κ1) is 25.7. The molecule has 0 saturated heterocycles. The van der Waals surface area contributed by atoms with Gasteiger partial charge in [0.2, 0.25) is 5.82 Å². The first-order valence-electron chi connectivity index (χ1n) is 13.1. The van der Waals surface area contributed by atoms with Gasteiger partial charge in [-0.25, -0.2) is 4.39 Å². The summed E-state index contributed by atoms with van der Waals surface area (Å²) < 4.78 is 33.0.